The number of carbonyl (C=O) groups is 1. The van der Waals surface area contributed by atoms with E-state index >= 15 is 0 Å². The molecule has 0 fully saturated rings. The SMILES string of the molecule is CCO[Si](CCCN(CCC[Si](OCC)(OCC)OCC)C(=O)CCCS)(OCC)OCC. The molecule has 33 heavy (non-hydrogen) atoms. The van der Waals surface area contributed by atoms with Crippen LogP contribution in [0.3, 0.4) is 0 Å². The van der Waals surface area contributed by atoms with Crippen molar-refractivity contribution in [3.05, 3.63) is 0 Å². The van der Waals surface area contributed by atoms with Gasteiger partial charge in [0.1, 0.15) is 0 Å². The number of thiol groups is 1. The smallest absolute Gasteiger partial charge is 0.374 e. The van der Waals surface area contributed by atoms with Crippen molar-refractivity contribution in [2.45, 2.75) is 79.3 Å². The van der Waals surface area contributed by atoms with Gasteiger partial charge >= 0.3 is 17.6 Å². The highest BCUT2D eigenvalue weighted by Crippen LogP contribution is 2.21. The van der Waals surface area contributed by atoms with Gasteiger partial charge in [-0.1, -0.05) is 0 Å². The Bertz CT molecular complexity index is 426. The van der Waals surface area contributed by atoms with Crippen LogP contribution in [0.1, 0.15) is 67.2 Å². The fourth-order valence-electron chi connectivity index (χ4n) is 3.72. The van der Waals surface area contributed by atoms with Crippen molar-refractivity contribution in [3.63, 3.8) is 0 Å². The second-order valence-corrected chi connectivity index (χ2v) is 13.3. The number of carbonyl (C=O) groups excluding carboxylic acids is 1. The molecule has 0 aromatic rings. The van der Waals surface area contributed by atoms with E-state index in [0.29, 0.717) is 77.0 Å². The summed E-state index contributed by atoms with van der Waals surface area (Å²) >= 11 is 4.26. The molecule has 0 aromatic heterocycles. The van der Waals surface area contributed by atoms with Crippen molar-refractivity contribution in [2.24, 2.45) is 0 Å². The van der Waals surface area contributed by atoms with Gasteiger partial charge < -0.3 is 31.5 Å². The molecule has 0 unspecified atom stereocenters. The van der Waals surface area contributed by atoms with Crippen LogP contribution in [-0.4, -0.2) is 86.9 Å². The number of hydrogen-bond acceptors (Lipinski definition) is 8. The van der Waals surface area contributed by atoms with Crippen LogP contribution < -0.4 is 0 Å². The first-order chi connectivity index (χ1) is 15.9. The second kappa shape index (κ2) is 20.2. The van der Waals surface area contributed by atoms with E-state index in [9.17, 15) is 4.79 Å². The molecule has 0 heterocycles. The first kappa shape index (κ1) is 33.0. The van der Waals surface area contributed by atoms with Crippen molar-refractivity contribution in [1.82, 2.24) is 4.90 Å². The van der Waals surface area contributed by atoms with E-state index in [1.807, 2.05) is 46.4 Å². The predicted octanol–water partition coefficient (Wildman–Crippen LogP) is 4.40. The predicted molar refractivity (Wildman–Crippen MR) is 140 cm³/mol. The molecule has 8 nitrogen and oxygen atoms in total. The summed E-state index contributed by atoms with van der Waals surface area (Å²) < 4.78 is 35.8. The maximum absolute atomic E-state index is 12.9. The van der Waals surface area contributed by atoms with Crippen LogP contribution in [0.15, 0.2) is 0 Å². The van der Waals surface area contributed by atoms with E-state index in [4.69, 9.17) is 26.6 Å². The molecule has 198 valence electrons. The third-order valence-electron chi connectivity index (χ3n) is 4.91. The van der Waals surface area contributed by atoms with E-state index in [-0.39, 0.29) is 5.91 Å². The Hall–Kier alpha value is 0.0138. The molecular formula is C22H49NO7SSi2. The summed E-state index contributed by atoms with van der Waals surface area (Å²) in [5.41, 5.74) is 0. The van der Waals surface area contributed by atoms with Gasteiger partial charge in [-0.3, -0.25) is 4.79 Å². The Morgan fingerprint density at radius 1 is 0.636 bits per heavy atom. The average Bonchev–Trinajstić information content (AvgIpc) is 2.77. The van der Waals surface area contributed by atoms with E-state index < -0.39 is 17.6 Å². The maximum atomic E-state index is 12.9. The Morgan fingerprint density at radius 2 is 0.970 bits per heavy atom. The van der Waals surface area contributed by atoms with Crippen LogP contribution in [0.25, 0.3) is 0 Å². The summed E-state index contributed by atoms with van der Waals surface area (Å²) in [6.45, 7) is 16.3. The highest BCUT2D eigenvalue weighted by Gasteiger charge is 2.41. The molecule has 0 aliphatic carbocycles. The summed E-state index contributed by atoms with van der Waals surface area (Å²) in [5.74, 6) is 0.848. The Morgan fingerprint density at radius 3 is 1.24 bits per heavy atom. The van der Waals surface area contributed by atoms with Gasteiger partial charge in [0.15, 0.2) is 0 Å². The molecule has 0 radical (unpaired) electrons. The van der Waals surface area contributed by atoms with Crippen LogP contribution in [0.5, 0.6) is 0 Å². The van der Waals surface area contributed by atoms with Crippen LogP contribution in [-0.2, 0) is 31.4 Å². The standard InChI is InChI=1S/C22H49NO7SSi2/c1-7-25-32(26-8-2,27-9-3)20-14-17-23(22(24)16-13-19-31)18-15-21-33(28-10-4,29-11-5)30-12-6/h31H,7-21H2,1-6H3. The minimum Gasteiger partial charge on any atom is -0.374 e. The highest BCUT2D eigenvalue weighted by molar-refractivity contribution is 7.80. The van der Waals surface area contributed by atoms with Gasteiger partial charge in [0.05, 0.1) is 0 Å². The zero-order valence-electron chi connectivity index (χ0n) is 21.9. The molecule has 0 aliphatic heterocycles. The fourth-order valence-corrected chi connectivity index (χ4v) is 9.07. The highest BCUT2D eigenvalue weighted by atomic mass is 32.1. The van der Waals surface area contributed by atoms with Crippen molar-refractivity contribution in [2.75, 3.05) is 58.5 Å². The zero-order chi connectivity index (χ0) is 25.0. The second-order valence-electron chi connectivity index (χ2n) is 7.38. The Balaban J connectivity index is 5.15. The molecule has 11 heteroatoms. The number of nitrogens with zero attached hydrogens (tertiary/aromatic N) is 1. The van der Waals surface area contributed by atoms with Gasteiger partial charge in [-0.2, -0.15) is 12.6 Å². The monoisotopic (exact) mass is 527 g/mol. The van der Waals surface area contributed by atoms with E-state index in [1.54, 1.807) is 0 Å². The minimum atomic E-state index is -2.72. The quantitative estimate of drug-likeness (QED) is 0.156. The summed E-state index contributed by atoms with van der Waals surface area (Å²) in [7, 11) is -5.44. The molecular weight excluding hydrogens is 478 g/mol. The lowest BCUT2D eigenvalue weighted by atomic mass is 10.2. The van der Waals surface area contributed by atoms with Gasteiger partial charge in [-0.25, -0.2) is 0 Å². The lowest BCUT2D eigenvalue weighted by Gasteiger charge is -2.31. The van der Waals surface area contributed by atoms with Gasteiger partial charge in [0, 0.05) is 71.2 Å². The average molecular weight is 528 g/mol. The van der Waals surface area contributed by atoms with E-state index in [2.05, 4.69) is 12.6 Å². The van der Waals surface area contributed by atoms with Gasteiger partial charge in [-0.15, -0.1) is 0 Å². The number of rotatable bonds is 23. The van der Waals surface area contributed by atoms with Crippen LogP contribution >= 0.6 is 12.6 Å². The molecule has 0 atom stereocenters. The molecule has 0 saturated heterocycles. The number of amides is 1. The Labute approximate surface area is 210 Å². The van der Waals surface area contributed by atoms with Crippen molar-refractivity contribution < 1.29 is 31.4 Å². The first-order valence-electron chi connectivity index (χ1n) is 12.6. The third kappa shape index (κ3) is 13.6. The molecule has 0 saturated carbocycles. The van der Waals surface area contributed by atoms with Crippen LogP contribution in [0.2, 0.25) is 12.1 Å². The molecule has 0 aromatic carbocycles. The molecule has 0 rings (SSSR count). The zero-order valence-corrected chi connectivity index (χ0v) is 24.8. The summed E-state index contributed by atoms with van der Waals surface area (Å²) in [6.07, 6.45) is 2.80. The van der Waals surface area contributed by atoms with Crippen molar-refractivity contribution in [3.8, 4) is 0 Å². The normalized spacial score (nSPS) is 12.3. The van der Waals surface area contributed by atoms with Crippen LogP contribution in [0.4, 0.5) is 0 Å². The minimum absolute atomic E-state index is 0.150. The topological polar surface area (TPSA) is 75.7 Å². The Kier molecular flexibility index (Phi) is 20.2. The fraction of sp³-hybridized carbons (Fsp3) is 0.955. The molecule has 0 N–H and O–H groups in total. The van der Waals surface area contributed by atoms with E-state index in [0.717, 1.165) is 19.3 Å². The number of hydrogen-bond donors (Lipinski definition) is 1. The van der Waals surface area contributed by atoms with Gasteiger partial charge in [0.2, 0.25) is 5.91 Å². The molecule has 0 spiro atoms. The summed E-state index contributed by atoms with van der Waals surface area (Å²) in [4.78, 5) is 14.8. The molecule has 0 bridgehead atoms. The van der Waals surface area contributed by atoms with Crippen molar-refractivity contribution in [1.29, 1.82) is 0 Å². The third-order valence-corrected chi connectivity index (χ3v) is 11.5. The molecule has 1 amide bonds. The van der Waals surface area contributed by atoms with E-state index in [1.165, 1.54) is 0 Å². The summed E-state index contributed by atoms with van der Waals surface area (Å²) in [5, 5.41) is 0. The maximum Gasteiger partial charge on any atom is 0.500 e. The largest absolute Gasteiger partial charge is 0.500 e. The van der Waals surface area contributed by atoms with Crippen molar-refractivity contribution >= 4 is 36.1 Å². The molecule has 0 aliphatic rings. The lowest BCUT2D eigenvalue weighted by Crippen LogP contribution is -2.47. The van der Waals surface area contributed by atoms with Crippen LogP contribution in [0, 0.1) is 0 Å². The first-order valence-corrected chi connectivity index (χ1v) is 17.1. The lowest BCUT2D eigenvalue weighted by molar-refractivity contribution is -0.131. The van der Waals surface area contributed by atoms with Gasteiger partial charge in [0.25, 0.3) is 0 Å². The van der Waals surface area contributed by atoms with Gasteiger partial charge in [-0.05, 0) is 66.6 Å². The summed E-state index contributed by atoms with van der Waals surface area (Å²) in [6, 6.07) is 1.38.